The molecular weight excluding hydrogens is 238 g/mol. The lowest BCUT2D eigenvalue weighted by atomic mass is 10.0. The topological polar surface area (TPSA) is 64.1 Å². The molecule has 3 N–H and O–H groups in total. The normalized spacial score (nSPS) is 12.6. The van der Waals surface area contributed by atoms with E-state index in [1.165, 1.54) is 0 Å². The van der Waals surface area contributed by atoms with Crippen molar-refractivity contribution < 1.29 is 5.11 Å². The first-order valence-corrected chi connectivity index (χ1v) is 5.65. The fourth-order valence-electron chi connectivity index (χ4n) is 1.73. The van der Waals surface area contributed by atoms with E-state index in [0.29, 0.717) is 22.7 Å². The number of nitrogens with two attached hydrogens (primary N) is 1. The van der Waals surface area contributed by atoms with Gasteiger partial charge < -0.3 is 10.8 Å². The number of aliphatic hydroxyl groups excluding tert-OH is 1. The molecule has 0 radical (unpaired) electrons. The van der Waals surface area contributed by atoms with E-state index in [2.05, 4.69) is 5.10 Å². The van der Waals surface area contributed by atoms with Crippen LogP contribution in [0.25, 0.3) is 0 Å². The smallest absolute Gasteiger partial charge is 0.0865 e. The lowest BCUT2D eigenvalue weighted by molar-refractivity contribution is 0.178. The van der Waals surface area contributed by atoms with Crippen LogP contribution in [0, 0.1) is 0 Å². The van der Waals surface area contributed by atoms with E-state index in [1.54, 1.807) is 22.9 Å². The maximum Gasteiger partial charge on any atom is 0.0865 e. The minimum Gasteiger partial charge on any atom is -0.398 e. The molecule has 1 aromatic carbocycles. The van der Waals surface area contributed by atoms with Gasteiger partial charge in [-0.3, -0.25) is 4.68 Å². The summed E-state index contributed by atoms with van der Waals surface area (Å²) in [7, 11) is 1.84. The summed E-state index contributed by atoms with van der Waals surface area (Å²) in [6.45, 7) is 0. The van der Waals surface area contributed by atoms with E-state index < -0.39 is 6.10 Å². The first-order valence-electron chi connectivity index (χ1n) is 5.28. The number of nitrogen functional groups attached to an aromatic ring is 1. The molecule has 17 heavy (non-hydrogen) atoms. The highest BCUT2D eigenvalue weighted by molar-refractivity contribution is 6.30. The Morgan fingerprint density at radius 3 is 2.82 bits per heavy atom. The zero-order chi connectivity index (χ0) is 12.4. The number of benzene rings is 1. The second kappa shape index (κ2) is 4.77. The van der Waals surface area contributed by atoms with Gasteiger partial charge in [-0.15, -0.1) is 0 Å². The second-order valence-electron chi connectivity index (χ2n) is 3.97. The van der Waals surface area contributed by atoms with Crippen molar-refractivity contribution in [3.05, 3.63) is 46.7 Å². The molecule has 2 rings (SSSR count). The molecule has 4 nitrogen and oxygen atoms in total. The number of rotatable bonds is 3. The lowest BCUT2D eigenvalue weighted by Crippen LogP contribution is -2.06. The summed E-state index contributed by atoms with van der Waals surface area (Å²) in [5.74, 6) is 0. The van der Waals surface area contributed by atoms with Crippen LogP contribution in [-0.2, 0) is 13.5 Å². The van der Waals surface area contributed by atoms with Crippen molar-refractivity contribution in [1.29, 1.82) is 0 Å². The van der Waals surface area contributed by atoms with Crippen LogP contribution in [0.4, 0.5) is 5.69 Å². The fourth-order valence-corrected chi connectivity index (χ4v) is 1.91. The van der Waals surface area contributed by atoms with Crippen LogP contribution in [0.2, 0.25) is 5.02 Å². The SMILES string of the molecule is Cn1ccc(CC(O)c2ccc(Cl)cc2N)n1. The molecule has 0 aliphatic rings. The first kappa shape index (κ1) is 12.0. The third kappa shape index (κ3) is 2.78. The Morgan fingerprint density at radius 1 is 1.47 bits per heavy atom. The molecule has 90 valence electrons. The summed E-state index contributed by atoms with van der Waals surface area (Å²) >= 11 is 5.81. The summed E-state index contributed by atoms with van der Waals surface area (Å²) in [5, 5.41) is 14.9. The molecule has 0 amide bonds. The van der Waals surface area contributed by atoms with E-state index in [1.807, 2.05) is 19.3 Å². The number of hydrogen-bond donors (Lipinski definition) is 2. The molecular formula is C12H14ClN3O. The van der Waals surface area contributed by atoms with Crippen LogP contribution < -0.4 is 5.73 Å². The number of aliphatic hydroxyl groups is 1. The Labute approximate surface area is 105 Å². The van der Waals surface area contributed by atoms with Gasteiger partial charge in [0.1, 0.15) is 0 Å². The molecule has 0 aliphatic heterocycles. The first-order chi connectivity index (χ1) is 8.06. The van der Waals surface area contributed by atoms with E-state index in [9.17, 15) is 5.11 Å². The van der Waals surface area contributed by atoms with Crippen molar-refractivity contribution in [3.63, 3.8) is 0 Å². The number of hydrogen-bond acceptors (Lipinski definition) is 3. The number of halogens is 1. The molecule has 0 aliphatic carbocycles. The zero-order valence-corrected chi connectivity index (χ0v) is 10.2. The molecule has 5 heteroatoms. The molecule has 0 saturated heterocycles. The number of nitrogens with zero attached hydrogens (tertiary/aromatic N) is 2. The second-order valence-corrected chi connectivity index (χ2v) is 4.41. The van der Waals surface area contributed by atoms with Crippen molar-refractivity contribution >= 4 is 17.3 Å². The Kier molecular flexibility index (Phi) is 3.36. The molecule has 0 bridgehead atoms. The van der Waals surface area contributed by atoms with Gasteiger partial charge in [0, 0.05) is 35.9 Å². The van der Waals surface area contributed by atoms with Gasteiger partial charge in [-0.2, -0.15) is 5.10 Å². The quantitative estimate of drug-likeness (QED) is 0.820. The van der Waals surface area contributed by atoms with Crippen molar-refractivity contribution in [3.8, 4) is 0 Å². The van der Waals surface area contributed by atoms with Gasteiger partial charge in [-0.05, 0) is 18.2 Å². The van der Waals surface area contributed by atoms with Crippen molar-refractivity contribution in [2.75, 3.05) is 5.73 Å². The summed E-state index contributed by atoms with van der Waals surface area (Å²) in [5.41, 5.74) is 7.82. The van der Waals surface area contributed by atoms with Gasteiger partial charge in [-0.1, -0.05) is 17.7 Å². The van der Waals surface area contributed by atoms with E-state index in [0.717, 1.165) is 5.69 Å². The Hall–Kier alpha value is -1.52. The largest absolute Gasteiger partial charge is 0.398 e. The van der Waals surface area contributed by atoms with E-state index in [-0.39, 0.29) is 0 Å². The Morgan fingerprint density at radius 2 is 2.24 bits per heavy atom. The highest BCUT2D eigenvalue weighted by atomic mass is 35.5. The number of aryl methyl sites for hydroxylation is 1. The average Bonchev–Trinajstić information content (AvgIpc) is 2.63. The van der Waals surface area contributed by atoms with E-state index >= 15 is 0 Å². The van der Waals surface area contributed by atoms with Crippen molar-refractivity contribution in [1.82, 2.24) is 9.78 Å². The van der Waals surface area contributed by atoms with Gasteiger partial charge in [0.25, 0.3) is 0 Å². The maximum absolute atomic E-state index is 10.1. The fraction of sp³-hybridized carbons (Fsp3) is 0.250. The predicted molar refractivity (Wildman–Crippen MR) is 67.7 cm³/mol. The highest BCUT2D eigenvalue weighted by Crippen LogP contribution is 2.25. The molecule has 2 aromatic rings. The summed E-state index contributed by atoms with van der Waals surface area (Å²) in [6.07, 6.45) is 1.61. The van der Waals surface area contributed by atoms with Crippen molar-refractivity contribution in [2.45, 2.75) is 12.5 Å². The van der Waals surface area contributed by atoms with Gasteiger partial charge in [0.05, 0.1) is 11.8 Å². The van der Waals surface area contributed by atoms with Crippen LogP contribution >= 0.6 is 11.6 Å². The standard InChI is InChI=1S/C12H14ClN3O/c1-16-5-4-9(15-16)7-12(17)10-3-2-8(13)6-11(10)14/h2-6,12,17H,7,14H2,1H3. The highest BCUT2D eigenvalue weighted by Gasteiger charge is 2.13. The van der Waals surface area contributed by atoms with Crippen LogP contribution in [0.5, 0.6) is 0 Å². The lowest BCUT2D eigenvalue weighted by Gasteiger charge is -2.12. The summed E-state index contributed by atoms with van der Waals surface area (Å²) < 4.78 is 1.70. The third-order valence-electron chi connectivity index (χ3n) is 2.58. The minimum atomic E-state index is -0.665. The molecule has 0 saturated carbocycles. The van der Waals surface area contributed by atoms with Gasteiger partial charge in [0.2, 0.25) is 0 Å². The van der Waals surface area contributed by atoms with Gasteiger partial charge >= 0.3 is 0 Å². The minimum absolute atomic E-state index is 0.437. The molecule has 1 aromatic heterocycles. The average molecular weight is 252 g/mol. The molecule has 0 spiro atoms. The van der Waals surface area contributed by atoms with Gasteiger partial charge in [0.15, 0.2) is 0 Å². The summed E-state index contributed by atoms with van der Waals surface area (Å²) in [4.78, 5) is 0. The molecule has 0 fully saturated rings. The number of anilines is 1. The van der Waals surface area contributed by atoms with Crippen molar-refractivity contribution in [2.24, 2.45) is 7.05 Å². The number of aromatic nitrogens is 2. The Balaban J connectivity index is 2.17. The zero-order valence-electron chi connectivity index (χ0n) is 9.47. The molecule has 1 unspecified atom stereocenters. The van der Waals surface area contributed by atoms with Crippen LogP contribution in [0.3, 0.4) is 0 Å². The van der Waals surface area contributed by atoms with Crippen LogP contribution in [0.1, 0.15) is 17.4 Å². The van der Waals surface area contributed by atoms with E-state index in [4.69, 9.17) is 17.3 Å². The monoisotopic (exact) mass is 251 g/mol. The predicted octanol–water partition coefficient (Wildman–Crippen LogP) is 1.93. The van der Waals surface area contributed by atoms with Gasteiger partial charge in [-0.25, -0.2) is 0 Å². The molecule has 1 heterocycles. The summed E-state index contributed by atoms with van der Waals surface area (Å²) in [6, 6.07) is 6.97. The van der Waals surface area contributed by atoms with Crippen LogP contribution in [-0.4, -0.2) is 14.9 Å². The molecule has 1 atom stereocenters. The Bertz CT molecular complexity index is 524. The third-order valence-corrected chi connectivity index (χ3v) is 2.81. The maximum atomic E-state index is 10.1. The van der Waals surface area contributed by atoms with Crippen LogP contribution in [0.15, 0.2) is 30.5 Å².